The number of anilines is 2. The second kappa shape index (κ2) is 6.82. The number of carbonyl (C=O) groups is 2. The summed E-state index contributed by atoms with van der Waals surface area (Å²) in [6.45, 7) is 2.35. The second-order valence-electron chi connectivity index (χ2n) is 7.92. The minimum atomic E-state index is -1.78. The van der Waals surface area contributed by atoms with Gasteiger partial charge >= 0.3 is 0 Å². The first-order valence-corrected chi connectivity index (χ1v) is 11.3. The van der Waals surface area contributed by atoms with Gasteiger partial charge in [-0.2, -0.15) is 0 Å². The van der Waals surface area contributed by atoms with Gasteiger partial charge in [0.25, 0.3) is 11.8 Å². The number of hydrogen-bond acceptors (Lipinski definition) is 6. The molecule has 7 nitrogen and oxygen atoms in total. The lowest BCUT2D eigenvalue weighted by Gasteiger charge is -2.32. The van der Waals surface area contributed by atoms with Crippen LogP contribution in [0.5, 0.6) is 0 Å². The molecule has 4 aromatic rings. The van der Waals surface area contributed by atoms with Crippen LogP contribution < -0.4 is 15.2 Å². The summed E-state index contributed by atoms with van der Waals surface area (Å²) in [5.74, 6) is -1.91. The molecule has 0 saturated carbocycles. The fourth-order valence-electron chi connectivity index (χ4n) is 4.91. The molecule has 0 aliphatic carbocycles. The minimum Gasteiger partial charge on any atom is -0.450 e. The topological polar surface area (TPSA) is 83.7 Å². The average Bonchev–Trinajstić information content (AvgIpc) is 3.48. The molecule has 33 heavy (non-hydrogen) atoms. The van der Waals surface area contributed by atoms with E-state index in [1.54, 1.807) is 34.5 Å². The van der Waals surface area contributed by atoms with Crippen molar-refractivity contribution in [1.82, 2.24) is 4.98 Å². The fourth-order valence-corrected chi connectivity index (χ4v) is 5.60. The smallest absolute Gasteiger partial charge is 0.297 e. The van der Waals surface area contributed by atoms with Crippen molar-refractivity contribution in [3.8, 4) is 0 Å². The number of rotatable bonds is 3. The third-order valence-electron chi connectivity index (χ3n) is 6.14. The molecule has 0 radical (unpaired) electrons. The largest absolute Gasteiger partial charge is 0.450 e. The maximum absolute atomic E-state index is 14.2. The van der Waals surface area contributed by atoms with Gasteiger partial charge in [-0.1, -0.05) is 25.1 Å². The maximum Gasteiger partial charge on any atom is 0.297 e. The summed E-state index contributed by atoms with van der Waals surface area (Å²) >= 11 is 1.18. The molecule has 1 atom stereocenters. The summed E-state index contributed by atoms with van der Waals surface area (Å²) in [4.78, 5) is 48.9. The summed E-state index contributed by atoms with van der Waals surface area (Å²) in [7, 11) is 0. The third-order valence-corrected chi connectivity index (χ3v) is 6.90. The van der Waals surface area contributed by atoms with Crippen LogP contribution >= 0.6 is 11.3 Å². The molecule has 2 aromatic carbocycles. The van der Waals surface area contributed by atoms with Crippen LogP contribution in [0, 0.1) is 5.82 Å². The molecule has 2 aromatic heterocycles. The van der Waals surface area contributed by atoms with E-state index in [0.717, 1.165) is 12.1 Å². The lowest BCUT2D eigenvalue weighted by molar-refractivity contribution is -0.121. The van der Waals surface area contributed by atoms with E-state index in [1.807, 2.05) is 6.92 Å². The number of amides is 2. The molecular weight excluding hydrogens is 445 g/mol. The van der Waals surface area contributed by atoms with Crippen LogP contribution in [0.15, 0.2) is 63.3 Å². The van der Waals surface area contributed by atoms with Crippen LogP contribution in [0.1, 0.15) is 35.0 Å². The zero-order valence-corrected chi connectivity index (χ0v) is 18.2. The van der Waals surface area contributed by atoms with E-state index < -0.39 is 28.6 Å². The van der Waals surface area contributed by atoms with Gasteiger partial charge in [-0.15, -0.1) is 11.3 Å². The summed E-state index contributed by atoms with van der Waals surface area (Å²) in [5, 5.41) is 1.93. The Kier molecular flexibility index (Phi) is 4.09. The molecule has 0 fully saturated rings. The monoisotopic (exact) mass is 461 g/mol. The van der Waals surface area contributed by atoms with Gasteiger partial charge in [0, 0.05) is 23.7 Å². The van der Waals surface area contributed by atoms with E-state index in [0.29, 0.717) is 24.2 Å². The molecule has 0 N–H and O–H groups in total. The van der Waals surface area contributed by atoms with E-state index in [2.05, 4.69) is 4.98 Å². The Morgan fingerprint density at radius 3 is 2.73 bits per heavy atom. The van der Waals surface area contributed by atoms with Crippen LogP contribution in [0.4, 0.5) is 15.2 Å². The first-order chi connectivity index (χ1) is 16.0. The van der Waals surface area contributed by atoms with Crippen LogP contribution in [-0.4, -0.2) is 23.3 Å². The predicted octanol–water partition coefficient (Wildman–Crippen LogP) is 4.05. The molecule has 9 heteroatoms. The van der Waals surface area contributed by atoms with Crippen molar-refractivity contribution in [2.24, 2.45) is 0 Å². The Morgan fingerprint density at radius 2 is 1.97 bits per heavy atom. The standard InChI is InChI=1S/C24H16FN3O4S/c1-2-10-27-16-6-4-3-5-15(16)24(22(27)31)18-19(29)14-12-13(25)7-8-17(14)32-20(18)21(30)28(24)23-26-9-11-33-23/h3-9,11-12H,2,10H2,1H3. The van der Waals surface area contributed by atoms with E-state index in [-0.39, 0.29) is 27.4 Å². The molecule has 2 aliphatic heterocycles. The van der Waals surface area contributed by atoms with Gasteiger partial charge in [0.2, 0.25) is 5.76 Å². The van der Waals surface area contributed by atoms with E-state index >= 15 is 0 Å². The predicted molar refractivity (Wildman–Crippen MR) is 121 cm³/mol. The fraction of sp³-hybridized carbons (Fsp3) is 0.167. The minimum absolute atomic E-state index is 0.0267. The molecule has 6 rings (SSSR count). The normalized spacial score (nSPS) is 19.1. The lowest BCUT2D eigenvalue weighted by atomic mass is 9.84. The van der Waals surface area contributed by atoms with Crippen molar-refractivity contribution < 1.29 is 18.4 Å². The Bertz CT molecular complexity index is 1530. The van der Waals surface area contributed by atoms with E-state index in [9.17, 15) is 18.8 Å². The van der Waals surface area contributed by atoms with Gasteiger partial charge in [0.05, 0.1) is 16.6 Å². The van der Waals surface area contributed by atoms with Crippen LogP contribution in [0.3, 0.4) is 0 Å². The number of halogens is 1. The summed E-state index contributed by atoms with van der Waals surface area (Å²) < 4.78 is 19.9. The van der Waals surface area contributed by atoms with Crippen molar-refractivity contribution in [2.45, 2.75) is 18.9 Å². The molecule has 2 amide bonds. The molecule has 1 unspecified atom stereocenters. The Hall–Kier alpha value is -3.85. The highest BCUT2D eigenvalue weighted by Crippen LogP contribution is 2.54. The van der Waals surface area contributed by atoms with Gasteiger partial charge in [-0.25, -0.2) is 9.37 Å². The molecular formula is C24H16FN3O4S. The summed E-state index contributed by atoms with van der Waals surface area (Å²) in [6.07, 6.45) is 2.20. The van der Waals surface area contributed by atoms with Crippen LogP contribution in [-0.2, 0) is 10.3 Å². The molecule has 4 heterocycles. The average molecular weight is 461 g/mol. The number of thiazole rings is 1. The Balaban J connectivity index is 1.79. The molecule has 2 aliphatic rings. The first-order valence-electron chi connectivity index (χ1n) is 10.4. The number of carbonyl (C=O) groups excluding carboxylic acids is 2. The molecule has 164 valence electrons. The highest BCUT2D eigenvalue weighted by molar-refractivity contribution is 7.13. The SMILES string of the molecule is CCCN1C(=O)C2(c3ccccc31)c1c(oc3ccc(F)cc3c1=O)C(=O)N2c1nccs1. The molecule has 0 bridgehead atoms. The zero-order valence-electron chi connectivity index (χ0n) is 17.4. The number of nitrogens with zero attached hydrogens (tertiary/aromatic N) is 3. The third kappa shape index (κ3) is 2.37. The van der Waals surface area contributed by atoms with E-state index in [4.69, 9.17) is 4.42 Å². The van der Waals surface area contributed by atoms with Crippen LogP contribution in [0.25, 0.3) is 11.0 Å². The van der Waals surface area contributed by atoms with Crippen molar-refractivity contribution >= 4 is 44.9 Å². The number of benzene rings is 2. The highest BCUT2D eigenvalue weighted by Gasteiger charge is 2.66. The Labute approximate surface area is 190 Å². The quantitative estimate of drug-likeness (QED) is 0.460. The van der Waals surface area contributed by atoms with E-state index in [1.165, 1.54) is 28.5 Å². The van der Waals surface area contributed by atoms with Crippen molar-refractivity contribution in [1.29, 1.82) is 0 Å². The van der Waals surface area contributed by atoms with Gasteiger partial charge in [0.1, 0.15) is 11.4 Å². The number of para-hydroxylation sites is 1. The van der Waals surface area contributed by atoms with Gasteiger partial charge in [-0.3, -0.25) is 19.3 Å². The first kappa shape index (κ1) is 19.8. The highest BCUT2D eigenvalue weighted by atomic mass is 32.1. The van der Waals surface area contributed by atoms with Crippen molar-refractivity contribution in [3.63, 3.8) is 0 Å². The number of hydrogen-bond donors (Lipinski definition) is 0. The number of fused-ring (bicyclic) bond motifs is 5. The van der Waals surface area contributed by atoms with Crippen LogP contribution in [0.2, 0.25) is 0 Å². The van der Waals surface area contributed by atoms with Crippen molar-refractivity contribution in [2.75, 3.05) is 16.3 Å². The molecule has 0 saturated heterocycles. The maximum atomic E-state index is 14.2. The lowest BCUT2D eigenvalue weighted by Crippen LogP contribution is -2.53. The van der Waals surface area contributed by atoms with Crippen molar-refractivity contribution in [3.05, 3.63) is 87.0 Å². The summed E-state index contributed by atoms with van der Waals surface area (Å²) in [5.41, 5.74) is -1.30. The molecule has 1 spiro atoms. The second-order valence-corrected chi connectivity index (χ2v) is 8.79. The van der Waals surface area contributed by atoms with Gasteiger partial charge in [-0.05, 0) is 30.7 Å². The Morgan fingerprint density at radius 1 is 1.15 bits per heavy atom. The van der Waals surface area contributed by atoms with Gasteiger partial charge in [0.15, 0.2) is 16.1 Å². The van der Waals surface area contributed by atoms with Gasteiger partial charge < -0.3 is 9.32 Å². The zero-order chi connectivity index (χ0) is 22.9. The number of aromatic nitrogens is 1. The summed E-state index contributed by atoms with van der Waals surface area (Å²) in [6, 6.07) is 10.6.